The molecular formula is C14H18N2O2. The first-order valence-electron chi connectivity index (χ1n) is 6.21. The molecule has 2 rings (SSSR count). The Morgan fingerprint density at radius 3 is 2.56 bits per heavy atom. The van der Waals surface area contributed by atoms with Gasteiger partial charge in [0, 0.05) is 20.1 Å². The van der Waals surface area contributed by atoms with Crippen LogP contribution in [0, 0.1) is 6.92 Å². The van der Waals surface area contributed by atoms with Crippen LogP contribution in [0.25, 0.3) is 0 Å². The van der Waals surface area contributed by atoms with E-state index in [1.165, 1.54) is 4.90 Å². The van der Waals surface area contributed by atoms with Gasteiger partial charge in [0.05, 0.1) is 5.69 Å². The molecule has 0 N–H and O–H groups in total. The molecule has 1 aromatic carbocycles. The number of piperazine rings is 1. The zero-order valence-corrected chi connectivity index (χ0v) is 11.1. The summed E-state index contributed by atoms with van der Waals surface area (Å²) in [7, 11) is 1.66. The Kier molecular flexibility index (Phi) is 3.36. The minimum Gasteiger partial charge on any atom is -0.336 e. The van der Waals surface area contributed by atoms with Crippen LogP contribution in [0.3, 0.4) is 0 Å². The normalized spacial score (nSPS) is 16.4. The lowest BCUT2D eigenvalue weighted by molar-refractivity contribution is -0.145. The van der Waals surface area contributed by atoms with Crippen molar-refractivity contribution in [3.05, 3.63) is 29.3 Å². The summed E-state index contributed by atoms with van der Waals surface area (Å²) in [4.78, 5) is 26.9. The van der Waals surface area contributed by atoms with E-state index in [1.54, 1.807) is 11.9 Å². The number of rotatable bonds is 2. The van der Waals surface area contributed by atoms with E-state index >= 15 is 0 Å². The van der Waals surface area contributed by atoms with E-state index in [0.717, 1.165) is 23.2 Å². The quantitative estimate of drug-likeness (QED) is 0.739. The number of benzene rings is 1. The van der Waals surface area contributed by atoms with Gasteiger partial charge < -0.3 is 9.80 Å². The van der Waals surface area contributed by atoms with Gasteiger partial charge in [-0.1, -0.05) is 25.1 Å². The molecule has 1 saturated heterocycles. The average Bonchev–Trinajstić information content (AvgIpc) is 2.37. The molecule has 0 atom stereocenters. The summed E-state index contributed by atoms with van der Waals surface area (Å²) in [6.45, 7) is 5.19. The Hall–Kier alpha value is -1.84. The average molecular weight is 246 g/mol. The number of likely N-dealkylation sites (N-methyl/N-ethyl adjacent to an activating group) is 1. The van der Waals surface area contributed by atoms with Crippen LogP contribution in [0.4, 0.5) is 5.69 Å². The van der Waals surface area contributed by atoms with Crippen molar-refractivity contribution in [2.75, 3.05) is 25.0 Å². The molecule has 0 unspecified atom stereocenters. The van der Waals surface area contributed by atoms with Crippen LogP contribution in [0.2, 0.25) is 0 Å². The standard InChI is InChI=1S/C14H18N2O2/c1-4-11-7-5-6-10(2)12(11)16-9-8-15(3)13(17)14(16)18/h5-7H,4,8-9H2,1-3H3. The lowest BCUT2D eigenvalue weighted by Crippen LogP contribution is -2.53. The van der Waals surface area contributed by atoms with Gasteiger partial charge in [-0.2, -0.15) is 0 Å². The number of carbonyl (C=O) groups is 2. The van der Waals surface area contributed by atoms with E-state index in [9.17, 15) is 9.59 Å². The molecule has 1 heterocycles. The summed E-state index contributed by atoms with van der Waals surface area (Å²) in [5.41, 5.74) is 3.06. The second-order valence-electron chi connectivity index (χ2n) is 4.62. The van der Waals surface area contributed by atoms with E-state index < -0.39 is 11.8 Å². The molecule has 0 saturated carbocycles. The van der Waals surface area contributed by atoms with Gasteiger partial charge in [-0.25, -0.2) is 0 Å². The first-order valence-corrected chi connectivity index (χ1v) is 6.21. The Morgan fingerprint density at radius 1 is 1.17 bits per heavy atom. The van der Waals surface area contributed by atoms with Gasteiger partial charge in [0.1, 0.15) is 0 Å². The van der Waals surface area contributed by atoms with Crippen LogP contribution in [0.1, 0.15) is 18.1 Å². The number of hydrogen-bond donors (Lipinski definition) is 0. The third-order valence-corrected chi connectivity index (χ3v) is 3.41. The molecular weight excluding hydrogens is 228 g/mol. The van der Waals surface area contributed by atoms with Crippen LogP contribution < -0.4 is 4.90 Å². The predicted octanol–water partition coefficient (Wildman–Crippen LogP) is 1.36. The first-order chi connectivity index (χ1) is 8.56. The van der Waals surface area contributed by atoms with Gasteiger partial charge in [-0.05, 0) is 24.5 Å². The smallest absolute Gasteiger partial charge is 0.316 e. The van der Waals surface area contributed by atoms with Crippen molar-refractivity contribution in [2.24, 2.45) is 0 Å². The van der Waals surface area contributed by atoms with E-state index in [1.807, 2.05) is 25.1 Å². The van der Waals surface area contributed by atoms with Crippen molar-refractivity contribution >= 4 is 17.5 Å². The van der Waals surface area contributed by atoms with Crippen molar-refractivity contribution < 1.29 is 9.59 Å². The largest absolute Gasteiger partial charge is 0.336 e. The fourth-order valence-electron chi connectivity index (χ4n) is 2.34. The maximum atomic E-state index is 12.1. The SMILES string of the molecule is CCc1cccc(C)c1N1CCN(C)C(=O)C1=O. The van der Waals surface area contributed by atoms with Crippen molar-refractivity contribution in [3.8, 4) is 0 Å². The molecule has 0 bridgehead atoms. The number of anilines is 1. The molecule has 0 spiro atoms. The van der Waals surface area contributed by atoms with Gasteiger partial charge >= 0.3 is 11.8 Å². The minimum absolute atomic E-state index is 0.423. The molecule has 0 aromatic heterocycles. The fraction of sp³-hybridized carbons (Fsp3) is 0.429. The minimum atomic E-state index is -0.424. The van der Waals surface area contributed by atoms with Crippen LogP contribution in [-0.2, 0) is 16.0 Å². The lowest BCUT2D eigenvalue weighted by Gasteiger charge is -2.33. The Labute approximate surface area is 107 Å². The highest BCUT2D eigenvalue weighted by molar-refractivity contribution is 6.41. The van der Waals surface area contributed by atoms with Gasteiger partial charge in [-0.3, -0.25) is 9.59 Å². The van der Waals surface area contributed by atoms with Gasteiger partial charge in [0.15, 0.2) is 0 Å². The van der Waals surface area contributed by atoms with E-state index in [4.69, 9.17) is 0 Å². The molecule has 1 aliphatic rings. The van der Waals surface area contributed by atoms with Gasteiger partial charge in [-0.15, -0.1) is 0 Å². The van der Waals surface area contributed by atoms with Crippen LogP contribution in [0.5, 0.6) is 0 Å². The number of carbonyl (C=O) groups excluding carboxylic acids is 2. The third kappa shape index (κ3) is 1.98. The Bertz CT molecular complexity index is 497. The topological polar surface area (TPSA) is 40.6 Å². The molecule has 0 radical (unpaired) electrons. The summed E-state index contributed by atoms with van der Waals surface area (Å²) >= 11 is 0. The number of amides is 2. The molecule has 1 aliphatic heterocycles. The number of aryl methyl sites for hydroxylation is 2. The number of nitrogens with zero attached hydrogens (tertiary/aromatic N) is 2. The molecule has 2 amide bonds. The molecule has 1 fully saturated rings. The molecule has 4 nitrogen and oxygen atoms in total. The Balaban J connectivity index is 2.43. The summed E-state index contributed by atoms with van der Waals surface area (Å²) in [6.07, 6.45) is 0.852. The Morgan fingerprint density at radius 2 is 1.89 bits per heavy atom. The number of hydrogen-bond acceptors (Lipinski definition) is 2. The highest BCUT2D eigenvalue weighted by atomic mass is 16.2. The highest BCUT2D eigenvalue weighted by Crippen LogP contribution is 2.27. The molecule has 18 heavy (non-hydrogen) atoms. The maximum Gasteiger partial charge on any atom is 0.316 e. The first kappa shape index (κ1) is 12.6. The van der Waals surface area contributed by atoms with E-state index in [0.29, 0.717) is 13.1 Å². The van der Waals surface area contributed by atoms with Crippen molar-refractivity contribution in [3.63, 3.8) is 0 Å². The second kappa shape index (κ2) is 4.80. The maximum absolute atomic E-state index is 12.1. The third-order valence-electron chi connectivity index (χ3n) is 3.41. The van der Waals surface area contributed by atoms with E-state index in [-0.39, 0.29) is 0 Å². The lowest BCUT2D eigenvalue weighted by atomic mass is 10.0. The summed E-state index contributed by atoms with van der Waals surface area (Å²) < 4.78 is 0. The van der Waals surface area contributed by atoms with Crippen molar-refractivity contribution in [2.45, 2.75) is 20.3 Å². The molecule has 0 aliphatic carbocycles. The summed E-state index contributed by atoms with van der Waals surface area (Å²) in [6, 6.07) is 5.98. The zero-order valence-electron chi connectivity index (χ0n) is 11.1. The zero-order chi connectivity index (χ0) is 13.3. The molecule has 96 valence electrons. The van der Waals surface area contributed by atoms with E-state index in [2.05, 4.69) is 6.92 Å². The van der Waals surface area contributed by atoms with Crippen molar-refractivity contribution in [1.82, 2.24) is 4.90 Å². The summed E-state index contributed by atoms with van der Waals surface area (Å²) in [5, 5.41) is 0. The second-order valence-corrected chi connectivity index (χ2v) is 4.62. The van der Waals surface area contributed by atoms with Crippen molar-refractivity contribution in [1.29, 1.82) is 0 Å². The predicted molar refractivity (Wildman–Crippen MR) is 70.5 cm³/mol. The van der Waals surface area contributed by atoms with Gasteiger partial charge in [0.25, 0.3) is 0 Å². The van der Waals surface area contributed by atoms with Gasteiger partial charge in [0.2, 0.25) is 0 Å². The number of para-hydroxylation sites is 1. The highest BCUT2D eigenvalue weighted by Gasteiger charge is 2.32. The summed E-state index contributed by atoms with van der Waals surface area (Å²) in [5.74, 6) is -0.848. The van der Waals surface area contributed by atoms with Crippen LogP contribution in [-0.4, -0.2) is 36.9 Å². The van der Waals surface area contributed by atoms with Crippen LogP contribution >= 0.6 is 0 Å². The molecule has 4 heteroatoms. The fourth-order valence-corrected chi connectivity index (χ4v) is 2.34. The molecule has 1 aromatic rings. The van der Waals surface area contributed by atoms with Crippen LogP contribution in [0.15, 0.2) is 18.2 Å². The monoisotopic (exact) mass is 246 g/mol.